The van der Waals surface area contributed by atoms with E-state index in [2.05, 4.69) is 4.85 Å². The molecule has 0 fully saturated rings. The van der Waals surface area contributed by atoms with E-state index in [0.29, 0.717) is 11.4 Å². The zero-order chi connectivity index (χ0) is 9.30. The Kier molecular flexibility index (Phi) is 2.01. The third-order valence-corrected chi connectivity index (χ3v) is 1.78. The van der Waals surface area contributed by atoms with Gasteiger partial charge in [-0.05, 0) is 25.6 Å². The summed E-state index contributed by atoms with van der Waals surface area (Å²) in [6, 6.07) is 0. The van der Waals surface area contributed by atoms with Crippen LogP contribution in [-0.2, 0) is 7.05 Å². The molecule has 1 rings (SSSR count). The predicted molar refractivity (Wildman–Crippen MR) is 46.4 cm³/mol. The lowest BCUT2D eigenvalue weighted by Gasteiger charge is -1.97. The Morgan fingerprint density at radius 2 is 2.25 bits per heavy atom. The third-order valence-electron chi connectivity index (χ3n) is 1.78. The molecule has 0 aliphatic heterocycles. The number of aromatic nitrogens is 1. The summed E-state index contributed by atoms with van der Waals surface area (Å²) in [5.74, 6) is -0.0587. The Balaban J connectivity index is 3.45. The Morgan fingerprint density at radius 1 is 1.67 bits per heavy atom. The first-order chi connectivity index (χ1) is 5.57. The Labute approximate surface area is 71.4 Å². The SMILES string of the molecule is [C-]#[N+]c1c(C)cn(C)c1C(C)=O. The van der Waals surface area contributed by atoms with Gasteiger partial charge in [-0.3, -0.25) is 4.79 Å². The van der Waals surface area contributed by atoms with Gasteiger partial charge >= 0.3 is 0 Å². The van der Waals surface area contributed by atoms with E-state index in [1.807, 2.05) is 6.92 Å². The minimum absolute atomic E-state index is 0.0587. The molecule has 3 nitrogen and oxygen atoms in total. The molecule has 3 heteroatoms. The summed E-state index contributed by atoms with van der Waals surface area (Å²) in [6.07, 6.45) is 1.80. The molecule has 0 bridgehead atoms. The van der Waals surface area contributed by atoms with Crippen LogP contribution in [0.5, 0.6) is 0 Å². The molecule has 0 aliphatic rings. The highest BCUT2D eigenvalue weighted by molar-refractivity contribution is 5.99. The number of ketones is 1. The van der Waals surface area contributed by atoms with Gasteiger partial charge in [-0.15, -0.1) is 0 Å². The third kappa shape index (κ3) is 1.12. The molecule has 0 atom stereocenters. The van der Waals surface area contributed by atoms with Crippen LogP contribution in [0, 0.1) is 13.5 Å². The van der Waals surface area contributed by atoms with Crippen molar-refractivity contribution >= 4 is 11.5 Å². The molecule has 62 valence electrons. The molecule has 12 heavy (non-hydrogen) atoms. The fourth-order valence-electron chi connectivity index (χ4n) is 1.33. The lowest BCUT2D eigenvalue weighted by atomic mass is 10.2. The van der Waals surface area contributed by atoms with Crippen LogP contribution in [0.3, 0.4) is 0 Å². The number of aryl methyl sites for hydroxylation is 2. The fraction of sp³-hybridized carbons (Fsp3) is 0.333. The van der Waals surface area contributed by atoms with Crippen molar-refractivity contribution in [2.24, 2.45) is 7.05 Å². The number of Topliss-reactive ketones (excluding diaryl/α,β-unsaturated/α-hetero) is 1. The molecule has 1 aromatic heterocycles. The number of hydrogen-bond acceptors (Lipinski definition) is 1. The van der Waals surface area contributed by atoms with Crippen LogP contribution < -0.4 is 0 Å². The quantitative estimate of drug-likeness (QED) is 0.458. The van der Waals surface area contributed by atoms with Gasteiger partial charge in [-0.2, -0.15) is 0 Å². The maximum atomic E-state index is 11.1. The minimum Gasteiger partial charge on any atom is -0.358 e. The average Bonchev–Trinajstić information content (AvgIpc) is 2.24. The van der Waals surface area contributed by atoms with E-state index < -0.39 is 0 Å². The highest BCUT2D eigenvalue weighted by Gasteiger charge is 2.14. The van der Waals surface area contributed by atoms with E-state index in [0.717, 1.165) is 5.56 Å². The molecule has 0 unspecified atom stereocenters. The number of rotatable bonds is 1. The summed E-state index contributed by atoms with van der Waals surface area (Å²) < 4.78 is 1.70. The lowest BCUT2D eigenvalue weighted by Crippen LogP contribution is -2.00. The maximum absolute atomic E-state index is 11.1. The van der Waals surface area contributed by atoms with E-state index in [1.165, 1.54) is 6.92 Å². The Morgan fingerprint density at radius 3 is 2.58 bits per heavy atom. The Bertz CT molecular complexity index is 369. The molecule has 1 heterocycles. The van der Waals surface area contributed by atoms with E-state index in [4.69, 9.17) is 6.57 Å². The van der Waals surface area contributed by atoms with Crippen molar-refractivity contribution in [3.63, 3.8) is 0 Å². The van der Waals surface area contributed by atoms with Gasteiger partial charge in [0.1, 0.15) is 0 Å². The molecule has 1 aromatic rings. The van der Waals surface area contributed by atoms with Gasteiger partial charge in [-0.25, -0.2) is 4.85 Å². The van der Waals surface area contributed by atoms with E-state index >= 15 is 0 Å². The normalized spacial score (nSPS) is 9.50. The first-order valence-corrected chi connectivity index (χ1v) is 3.62. The van der Waals surface area contributed by atoms with Crippen LogP contribution in [-0.4, -0.2) is 10.4 Å². The Hall–Kier alpha value is -1.56. The van der Waals surface area contributed by atoms with Crippen molar-refractivity contribution in [1.29, 1.82) is 0 Å². The molecule has 0 amide bonds. The monoisotopic (exact) mass is 162 g/mol. The van der Waals surface area contributed by atoms with Crippen molar-refractivity contribution in [3.05, 3.63) is 28.9 Å². The van der Waals surface area contributed by atoms with Crippen LogP contribution in [0.25, 0.3) is 4.85 Å². The van der Waals surface area contributed by atoms with Crippen molar-refractivity contribution < 1.29 is 4.79 Å². The largest absolute Gasteiger partial charge is 0.358 e. The molecule has 0 radical (unpaired) electrons. The van der Waals surface area contributed by atoms with Gasteiger partial charge in [0.25, 0.3) is 0 Å². The second kappa shape index (κ2) is 2.82. The number of nitrogens with zero attached hydrogens (tertiary/aromatic N) is 2. The van der Waals surface area contributed by atoms with Gasteiger partial charge in [0.15, 0.2) is 5.78 Å². The summed E-state index contributed by atoms with van der Waals surface area (Å²) in [5, 5.41) is 0. The van der Waals surface area contributed by atoms with Gasteiger partial charge in [0.05, 0.1) is 12.3 Å². The molecular formula is C9H10N2O. The summed E-state index contributed by atoms with van der Waals surface area (Å²) in [5.41, 5.74) is 1.84. The maximum Gasteiger partial charge on any atom is 0.218 e. The highest BCUT2D eigenvalue weighted by atomic mass is 16.1. The highest BCUT2D eigenvalue weighted by Crippen LogP contribution is 2.25. The molecule has 0 N–H and O–H groups in total. The zero-order valence-electron chi connectivity index (χ0n) is 7.38. The van der Waals surface area contributed by atoms with E-state index in [-0.39, 0.29) is 5.78 Å². The second-order valence-electron chi connectivity index (χ2n) is 2.79. The molecule has 0 saturated carbocycles. The summed E-state index contributed by atoms with van der Waals surface area (Å²) in [6.45, 7) is 10.2. The summed E-state index contributed by atoms with van der Waals surface area (Å²) in [7, 11) is 1.78. The molecule has 0 saturated heterocycles. The van der Waals surface area contributed by atoms with Crippen LogP contribution >= 0.6 is 0 Å². The molecular weight excluding hydrogens is 152 g/mol. The molecule has 0 aromatic carbocycles. The standard InChI is InChI=1S/C9H10N2O/c1-6-5-11(4)9(7(2)12)8(6)10-3/h5H,1-2,4H3. The number of carbonyl (C=O) groups is 1. The van der Waals surface area contributed by atoms with Gasteiger partial charge in [0, 0.05) is 7.05 Å². The second-order valence-corrected chi connectivity index (χ2v) is 2.79. The van der Waals surface area contributed by atoms with Crippen LogP contribution in [0.15, 0.2) is 6.20 Å². The van der Waals surface area contributed by atoms with E-state index in [9.17, 15) is 4.79 Å². The zero-order valence-corrected chi connectivity index (χ0v) is 7.38. The van der Waals surface area contributed by atoms with Crippen LogP contribution in [0.1, 0.15) is 23.0 Å². The van der Waals surface area contributed by atoms with Crippen molar-refractivity contribution in [2.45, 2.75) is 13.8 Å². The predicted octanol–water partition coefficient (Wildman–Crippen LogP) is 2.09. The van der Waals surface area contributed by atoms with E-state index in [1.54, 1.807) is 17.8 Å². The number of carbonyl (C=O) groups excluding carboxylic acids is 1. The van der Waals surface area contributed by atoms with Crippen molar-refractivity contribution in [1.82, 2.24) is 4.57 Å². The lowest BCUT2D eigenvalue weighted by molar-refractivity contribution is 0.101. The summed E-state index contributed by atoms with van der Waals surface area (Å²) >= 11 is 0. The topological polar surface area (TPSA) is 26.4 Å². The van der Waals surface area contributed by atoms with Crippen molar-refractivity contribution in [3.8, 4) is 0 Å². The fourth-order valence-corrected chi connectivity index (χ4v) is 1.33. The smallest absolute Gasteiger partial charge is 0.218 e. The first-order valence-electron chi connectivity index (χ1n) is 3.62. The van der Waals surface area contributed by atoms with Gasteiger partial charge in [0.2, 0.25) is 5.69 Å². The average molecular weight is 162 g/mol. The van der Waals surface area contributed by atoms with Crippen molar-refractivity contribution in [2.75, 3.05) is 0 Å². The van der Waals surface area contributed by atoms with Crippen LogP contribution in [0.2, 0.25) is 0 Å². The minimum atomic E-state index is -0.0587. The van der Waals surface area contributed by atoms with Gasteiger partial charge < -0.3 is 4.57 Å². The summed E-state index contributed by atoms with van der Waals surface area (Å²) in [4.78, 5) is 14.4. The van der Waals surface area contributed by atoms with Crippen LogP contribution in [0.4, 0.5) is 5.69 Å². The first kappa shape index (κ1) is 8.54. The number of hydrogen-bond donors (Lipinski definition) is 0. The van der Waals surface area contributed by atoms with Gasteiger partial charge in [-0.1, -0.05) is 0 Å². The molecule has 0 spiro atoms. The molecule has 0 aliphatic carbocycles.